The van der Waals surface area contributed by atoms with Crippen molar-refractivity contribution in [2.75, 3.05) is 11.1 Å². The maximum Gasteiger partial charge on any atom is 0.275 e. The van der Waals surface area contributed by atoms with Crippen molar-refractivity contribution in [2.45, 2.75) is 11.8 Å². The van der Waals surface area contributed by atoms with Crippen molar-refractivity contribution < 1.29 is 14.5 Å². The summed E-state index contributed by atoms with van der Waals surface area (Å²) in [5, 5.41) is 13.5. The van der Waals surface area contributed by atoms with Gasteiger partial charge in [0.1, 0.15) is 10.6 Å². The molecule has 2 heterocycles. The lowest BCUT2D eigenvalue weighted by Gasteiger charge is -2.33. The highest BCUT2D eigenvalue weighted by molar-refractivity contribution is 9.10. The first kappa shape index (κ1) is 20.6. The Morgan fingerprint density at radius 3 is 2.67 bits per heavy atom. The van der Waals surface area contributed by atoms with E-state index in [0.717, 1.165) is 10.0 Å². The number of benzene rings is 2. The van der Waals surface area contributed by atoms with E-state index in [4.69, 9.17) is 12.2 Å². The van der Waals surface area contributed by atoms with E-state index in [1.165, 1.54) is 34.9 Å². The van der Waals surface area contributed by atoms with Crippen LogP contribution >= 0.6 is 39.9 Å². The van der Waals surface area contributed by atoms with Crippen molar-refractivity contribution in [1.82, 2.24) is 4.90 Å². The van der Waals surface area contributed by atoms with Gasteiger partial charge in [-0.05, 0) is 42.9 Å². The van der Waals surface area contributed by atoms with Crippen LogP contribution in [0.1, 0.15) is 18.1 Å². The van der Waals surface area contributed by atoms with E-state index in [2.05, 4.69) is 26.2 Å². The second-order valence-corrected chi connectivity index (χ2v) is 9.34. The predicted octanol–water partition coefficient (Wildman–Crippen LogP) is 3.83. The van der Waals surface area contributed by atoms with E-state index >= 15 is 0 Å². The number of hydrogen-bond acceptors (Lipinski definition) is 6. The van der Waals surface area contributed by atoms with Crippen molar-refractivity contribution >= 4 is 73.9 Å². The molecule has 11 heteroatoms. The minimum Gasteiger partial charge on any atom is -0.320 e. The minimum atomic E-state index is -0.772. The summed E-state index contributed by atoms with van der Waals surface area (Å²) < 4.78 is 0.909. The zero-order valence-electron chi connectivity index (χ0n) is 15.4. The Bertz CT molecular complexity index is 1150. The zero-order valence-corrected chi connectivity index (χ0v) is 18.6. The van der Waals surface area contributed by atoms with Crippen LogP contribution in [0, 0.1) is 10.1 Å². The molecule has 152 valence electrons. The van der Waals surface area contributed by atoms with E-state index in [1.54, 1.807) is 0 Å². The van der Waals surface area contributed by atoms with Crippen molar-refractivity contribution in [3.63, 3.8) is 0 Å². The van der Waals surface area contributed by atoms with Gasteiger partial charge in [0, 0.05) is 22.2 Å². The third-order valence-corrected chi connectivity index (χ3v) is 7.04. The fraction of sp³-hybridized carbons (Fsp3) is 0.158. The maximum atomic E-state index is 12.7. The number of carbonyl (C=O) groups is 2. The molecule has 30 heavy (non-hydrogen) atoms. The average molecular weight is 505 g/mol. The number of anilines is 1. The van der Waals surface area contributed by atoms with E-state index in [1.807, 2.05) is 31.2 Å². The Kier molecular flexibility index (Phi) is 5.20. The molecule has 0 bridgehead atoms. The summed E-state index contributed by atoms with van der Waals surface area (Å²) in [5.41, 5.74) is 1.43. The Hall–Kier alpha value is -2.63. The molecule has 2 aliphatic heterocycles. The Morgan fingerprint density at radius 1 is 1.30 bits per heavy atom. The fourth-order valence-corrected chi connectivity index (χ4v) is 5.20. The molecule has 1 atom stereocenters. The van der Waals surface area contributed by atoms with E-state index < -0.39 is 15.7 Å². The number of nitrogens with one attached hydrogen (secondary N) is 1. The molecule has 0 aliphatic carbocycles. The Labute approximate surface area is 189 Å². The van der Waals surface area contributed by atoms with Crippen molar-refractivity contribution in [3.8, 4) is 0 Å². The lowest BCUT2D eigenvalue weighted by molar-refractivity contribution is -0.384. The van der Waals surface area contributed by atoms with Gasteiger partial charge in [-0.2, -0.15) is 0 Å². The van der Waals surface area contributed by atoms with Crippen LogP contribution in [-0.2, 0) is 14.5 Å². The van der Waals surface area contributed by atoms with Crippen molar-refractivity contribution in [3.05, 3.63) is 68.2 Å². The number of thiocarbonyl (C=S) groups is 1. The molecule has 0 spiro atoms. The highest BCUT2D eigenvalue weighted by atomic mass is 79.9. The van der Waals surface area contributed by atoms with Gasteiger partial charge in [-0.15, -0.1) is 11.8 Å². The number of nitro groups is 1. The van der Waals surface area contributed by atoms with Crippen molar-refractivity contribution in [1.29, 1.82) is 0 Å². The Balaban J connectivity index is 1.71. The third kappa shape index (κ3) is 3.42. The van der Waals surface area contributed by atoms with E-state index in [9.17, 15) is 19.7 Å². The molecule has 2 aliphatic rings. The number of fused-ring (bicyclic) bond motifs is 1. The molecule has 1 saturated heterocycles. The van der Waals surface area contributed by atoms with Gasteiger partial charge >= 0.3 is 0 Å². The molecule has 1 unspecified atom stereocenters. The summed E-state index contributed by atoms with van der Waals surface area (Å²) in [5.74, 6) is -0.508. The number of thioether (sulfide) groups is 1. The van der Waals surface area contributed by atoms with E-state index in [-0.39, 0.29) is 33.9 Å². The number of aliphatic imine (C=N–C) groups is 1. The highest BCUT2D eigenvalue weighted by Gasteiger charge is 2.46. The maximum absolute atomic E-state index is 12.7. The number of halogens is 1. The number of amides is 2. The topological polar surface area (TPSA) is 105 Å². The second-order valence-electron chi connectivity index (χ2n) is 6.69. The molecular formula is C19H13BrN4O4S2. The first-order chi connectivity index (χ1) is 14.2. The SMILES string of the molecule is CC1(c2ccc(Br)cc2)SCC(=O)N1C(=S)N=C1C(=O)Nc2cc([N+](=O)[O-])ccc21. The van der Waals surface area contributed by atoms with E-state index in [0.29, 0.717) is 5.56 Å². The van der Waals surface area contributed by atoms with Gasteiger partial charge in [0.15, 0.2) is 0 Å². The predicted molar refractivity (Wildman–Crippen MR) is 122 cm³/mol. The standard InChI is InChI=1S/C19H13BrN4O4S2/c1-19(10-2-4-11(20)5-3-10)23(15(25)9-30-19)18(29)22-16-13-7-6-12(24(27)28)8-14(13)21-17(16)26/h2-8H,9H2,1H3,(H,21,22,26,29). The van der Waals surface area contributed by atoms with Gasteiger partial charge < -0.3 is 5.32 Å². The Morgan fingerprint density at radius 2 is 2.00 bits per heavy atom. The minimum absolute atomic E-state index is 0.0211. The molecule has 1 fully saturated rings. The molecule has 0 aromatic heterocycles. The van der Waals surface area contributed by atoms with Crippen molar-refractivity contribution in [2.24, 2.45) is 4.99 Å². The molecule has 0 saturated carbocycles. The molecule has 2 aromatic rings. The summed E-state index contributed by atoms with van der Waals surface area (Å²) >= 11 is 10.3. The molecule has 2 amide bonds. The number of rotatable bonds is 2. The fourth-order valence-electron chi connectivity index (χ4n) is 3.35. The zero-order chi connectivity index (χ0) is 21.6. The summed E-state index contributed by atoms with van der Waals surface area (Å²) in [6.07, 6.45) is 0. The van der Waals surface area contributed by atoms with Crippen LogP contribution in [0.3, 0.4) is 0 Å². The molecule has 1 N–H and O–H groups in total. The van der Waals surface area contributed by atoms with Gasteiger partial charge in [-0.1, -0.05) is 28.1 Å². The quantitative estimate of drug-likeness (QED) is 0.378. The molecule has 0 radical (unpaired) electrons. The first-order valence-corrected chi connectivity index (χ1v) is 10.9. The number of nitrogens with zero attached hydrogens (tertiary/aromatic N) is 3. The van der Waals surface area contributed by atoms with Crippen LogP contribution in [0.25, 0.3) is 0 Å². The second kappa shape index (κ2) is 7.56. The molecule has 4 rings (SSSR count). The summed E-state index contributed by atoms with van der Waals surface area (Å²) in [4.78, 5) is 40.4. The van der Waals surface area contributed by atoms with Gasteiger partial charge in [0.25, 0.3) is 11.6 Å². The largest absolute Gasteiger partial charge is 0.320 e. The lowest BCUT2D eigenvalue weighted by Crippen LogP contribution is -2.43. The molecular weight excluding hydrogens is 492 g/mol. The molecule has 2 aromatic carbocycles. The highest BCUT2D eigenvalue weighted by Crippen LogP contribution is 2.45. The normalized spacial score (nSPS) is 21.7. The summed E-state index contributed by atoms with van der Waals surface area (Å²) in [7, 11) is 0. The summed E-state index contributed by atoms with van der Waals surface area (Å²) in [6.45, 7) is 1.88. The van der Waals surface area contributed by atoms with Crippen LogP contribution < -0.4 is 5.32 Å². The van der Waals surface area contributed by atoms with Crippen LogP contribution in [0.15, 0.2) is 51.9 Å². The van der Waals surface area contributed by atoms with Gasteiger partial charge in [0.05, 0.1) is 16.4 Å². The van der Waals surface area contributed by atoms with Gasteiger partial charge in [-0.3, -0.25) is 24.6 Å². The van der Waals surface area contributed by atoms with Crippen LogP contribution in [0.5, 0.6) is 0 Å². The smallest absolute Gasteiger partial charge is 0.275 e. The van der Waals surface area contributed by atoms with Crippen LogP contribution in [0.4, 0.5) is 11.4 Å². The summed E-state index contributed by atoms with van der Waals surface area (Å²) in [6, 6.07) is 11.6. The first-order valence-electron chi connectivity index (χ1n) is 8.66. The number of hydrogen-bond donors (Lipinski definition) is 1. The third-order valence-electron chi connectivity index (χ3n) is 4.86. The van der Waals surface area contributed by atoms with Crippen LogP contribution in [0.2, 0.25) is 0 Å². The average Bonchev–Trinajstić information content (AvgIpc) is 3.18. The van der Waals surface area contributed by atoms with Gasteiger partial charge in [-0.25, -0.2) is 4.99 Å². The monoisotopic (exact) mass is 504 g/mol. The lowest BCUT2D eigenvalue weighted by atomic mass is 10.1. The number of non-ortho nitro benzene ring substituents is 1. The van der Waals surface area contributed by atoms with Crippen LogP contribution in [-0.4, -0.2) is 38.2 Å². The molecule has 8 nitrogen and oxygen atoms in total. The van der Waals surface area contributed by atoms with Gasteiger partial charge in [0.2, 0.25) is 11.0 Å². The number of carbonyl (C=O) groups excluding carboxylic acids is 2. The number of nitro benzene ring substituents is 1.